The van der Waals surface area contributed by atoms with Gasteiger partial charge in [0.2, 0.25) is 11.8 Å². The maximum Gasteiger partial charge on any atom is 0.245 e. The van der Waals surface area contributed by atoms with E-state index >= 15 is 0 Å². The summed E-state index contributed by atoms with van der Waals surface area (Å²) < 4.78 is 0. The Hall–Kier alpha value is -1.59. The molecule has 0 bridgehead atoms. The Balaban J connectivity index is 1.65. The number of carbonyl (C=O) groups excluding carboxylic acids is 2. The normalized spacial score (nSPS) is 22.0. The Bertz CT molecular complexity index is 614. The van der Waals surface area contributed by atoms with Crippen LogP contribution in [-0.4, -0.2) is 72.3 Å². The van der Waals surface area contributed by atoms with Crippen molar-refractivity contribution in [2.45, 2.75) is 25.3 Å². The maximum absolute atomic E-state index is 12.8. The third-order valence-corrected chi connectivity index (χ3v) is 5.34. The Labute approximate surface area is 148 Å². The summed E-state index contributed by atoms with van der Waals surface area (Å²) in [6.07, 6.45) is 1.91. The van der Waals surface area contributed by atoms with Crippen LogP contribution in [0.1, 0.15) is 18.4 Å². The monoisotopic (exact) mass is 349 g/mol. The number of hydrogen-bond donors (Lipinski definition) is 0. The lowest BCUT2D eigenvalue weighted by Gasteiger charge is -2.35. The van der Waals surface area contributed by atoms with E-state index in [0.717, 1.165) is 44.6 Å². The van der Waals surface area contributed by atoms with E-state index in [1.807, 2.05) is 23.1 Å². The average Bonchev–Trinajstić information content (AvgIpc) is 3.07. The van der Waals surface area contributed by atoms with E-state index in [9.17, 15) is 9.59 Å². The largest absolute Gasteiger partial charge is 0.338 e. The molecule has 2 saturated heterocycles. The molecule has 1 aromatic rings. The number of likely N-dealkylation sites (tertiary alicyclic amines) is 1. The highest BCUT2D eigenvalue weighted by atomic mass is 35.5. The summed E-state index contributed by atoms with van der Waals surface area (Å²) in [5.41, 5.74) is 0.821. The van der Waals surface area contributed by atoms with Crippen LogP contribution in [0.25, 0.3) is 0 Å². The summed E-state index contributed by atoms with van der Waals surface area (Å²) in [7, 11) is 2.07. The Morgan fingerprint density at radius 3 is 2.54 bits per heavy atom. The van der Waals surface area contributed by atoms with Gasteiger partial charge in [0.25, 0.3) is 0 Å². The van der Waals surface area contributed by atoms with Gasteiger partial charge in [0.05, 0.1) is 6.42 Å². The van der Waals surface area contributed by atoms with Crippen LogP contribution in [0.15, 0.2) is 24.3 Å². The van der Waals surface area contributed by atoms with Crippen molar-refractivity contribution >= 4 is 23.4 Å². The molecule has 2 fully saturated rings. The molecule has 0 radical (unpaired) electrons. The first-order valence-corrected chi connectivity index (χ1v) is 8.94. The van der Waals surface area contributed by atoms with Gasteiger partial charge in [-0.3, -0.25) is 9.59 Å². The molecule has 130 valence electrons. The van der Waals surface area contributed by atoms with Gasteiger partial charge in [-0.05, 0) is 31.5 Å². The van der Waals surface area contributed by atoms with Gasteiger partial charge in [0.15, 0.2) is 0 Å². The summed E-state index contributed by atoms with van der Waals surface area (Å²) in [5.74, 6) is 0.0983. The Morgan fingerprint density at radius 2 is 1.83 bits per heavy atom. The van der Waals surface area contributed by atoms with Gasteiger partial charge >= 0.3 is 0 Å². The number of rotatable bonds is 3. The summed E-state index contributed by atoms with van der Waals surface area (Å²) in [5, 5.41) is 0.604. The highest BCUT2D eigenvalue weighted by Crippen LogP contribution is 2.23. The molecule has 0 spiro atoms. The number of halogens is 1. The van der Waals surface area contributed by atoms with Crippen molar-refractivity contribution in [3.05, 3.63) is 34.9 Å². The molecule has 2 amide bonds. The molecule has 2 heterocycles. The van der Waals surface area contributed by atoms with Crippen LogP contribution in [-0.2, 0) is 16.0 Å². The third-order valence-electron chi connectivity index (χ3n) is 4.97. The molecule has 2 aliphatic rings. The number of amides is 2. The van der Waals surface area contributed by atoms with Gasteiger partial charge in [-0.15, -0.1) is 0 Å². The Kier molecular flexibility index (Phi) is 5.41. The molecule has 0 unspecified atom stereocenters. The fourth-order valence-electron chi connectivity index (χ4n) is 3.47. The van der Waals surface area contributed by atoms with Gasteiger partial charge in [0.1, 0.15) is 6.04 Å². The van der Waals surface area contributed by atoms with Crippen molar-refractivity contribution in [3.8, 4) is 0 Å². The molecule has 0 aromatic heterocycles. The molecular weight excluding hydrogens is 326 g/mol. The van der Waals surface area contributed by atoms with Crippen LogP contribution >= 0.6 is 11.6 Å². The second-order valence-corrected chi connectivity index (χ2v) is 7.05. The zero-order valence-electron chi connectivity index (χ0n) is 14.1. The highest BCUT2D eigenvalue weighted by molar-refractivity contribution is 6.31. The smallest absolute Gasteiger partial charge is 0.245 e. The first-order valence-electron chi connectivity index (χ1n) is 8.56. The van der Waals surface area contributed by atoms with Crippen molar-refractivity contribution in [2.24, 2.45) is 0 Å². The third kappa shape index (κ3) is 3.73. The lowest BCUT2D eigenvalue weighted by Crippen LogP contribution is -2.53. The van der Waals surface area contributed by atoms with Crippen LogP contribution in [0.3, 0.4) is 0 Å². The first kappa shape index (κ1) is 17.2. The molecule has 5 nitrogen and oxygen atoms in total. The van der Waals surface area contributed by atoms with E-state index in [0.29, 0.717) is 11.6 Å². The van der Waals surface area contributed by atoms with Crippen LogP contribution in [0.4, 0.5) is 0 Å². The number of nitrogens with zero attached hydrogens (tertiary/aromatic N) is 3. The number of likely N-dealkylation sites (N-methyl/N-ethyl adjacent to an activating group) is 1. The van der Waals surface area contributed by atoms with E-state index in [4.69, 9.17) is 11.6 Å². The zero-order valence-corrected chi connectivity index (χ0v) is 14.8. The molecule has 24 heavy (non-hydrogen) atoms. The SMILES string of the molecule is CN1CCN(C(=O)[C@H]2CCCN2C(=O)Cc2ccccc2Cl)CC1. The second kappa shape index (κ2) is 7.53. The van der Waals surface area contributed by atoms with E-state index < -0.39 is 0 Å². The lowest BCUT2D eigenvalue weighted by atomic mass is 10.1. The van der Waals surface area contributed by atoms with Gasteiger partial charge in [-0.1, -0.05) is 29.8 Å². The van der Waals surface area contributed by atoms with Crippen LogP contribution < -0.4 is 0 Å². The summed E-state index contributed by atoms with van der Waals surface area (Å²) in [4.78, 5) is 31.4. The molecule has 0 N–H and O–H groups in total. The average molecular weight is 350 g/mol. The van der Waals surface area contributed by atoms with Crippen LogP contribution in [0.5, 0.6) is 0 Å². The zero-order chi connectivity index (χ0) is 17.1. The van der Waals surface area contributed by atoms with Crippen LogP contribution in [0.2, 0.25) is 5.02 Å². The molecular formula is C18H24ClN3O2. The van der Waals surface area contributed by atoms with E-state index in [-0.39, 0.29) is 24.3 Å². The van der Waals surface area contributed by atoms with Crippen molar-refractivity contribution in [2.75, 3.05) is 39.8 Å². The molecule has 2 aliphatic heterocycles. The molecule has 0 saturated carbocycles. The van der Waals surface area contributed by atoms with Crippen molar-refractivity contribution < 1.29 is 9.59 Å². The summed E-state index contributed by atoms with van der Waals surface area (Å²) >= 11 is 6.16. The van der Waals surface area contributed by atoms with E-state index in [2.05, 4.69) is 11.9 Å². The van der Waals surface area contributed by atoms with Gasteiger partial charge in [-0.2, -0.15) is 0 Å². The maximum atomic E-state index is 12.8. The van der Waals surface area contributed by atoms with E-state index in [1.165, 1.54) is 0 Å². The fourth-order valence-corrected chi connectivity index (χ4v) is 3.67. The second-order valence-electron chi connectivity index (χ2n) is 6.64. The van der Waals surface area contributed by atoms with Crippen molar-refractivity contribution in [3.63, 3.8) is 0 Å². The van der Waals surface area contributed by atoms with Crippen molar-refractivity contribution in [1.29, 1.82) is 0 Å². The fraction of sp³-hybridized carbons (Fsp3) is 0.556. The molecule has 1 aromatic carbocycles. The predicted octanol–water partition coefficient (Wildman–Crippen LogP) is 1.65. The van der Waals surface area contributed by atoms with E-state index in [1.54, 1.807) is 11.0 Å². The number of benzene rings is 1. The van der Waals surface area contributed by atoms with Gasteiger partial charge in [0, 0.05) is 37.7 Å². The number of hydrogen-bond acceptors (Lipinski definition) is 3. The van der Waals surface area contributed by atoms with Gasteiger partial charge in [-0.25, -0.2) is 0 Å². The standard InChI is InChI=1S/C18H24ClN3O2/c1-20-9-11-21(12-10-20)18(24)16-7-4-8-22(16)17(23)13-14-5-2-3-6-15(14)19/h2-3,5-6,16H,4,7-13H2,1H3/t16-/m1/s1. The number of piperazine rings is 1. The Morgan fingerprint density at radius 1 is 1.12 bits per heavy atom. The molecule has 0 aliphatic carbocycles. The summed E-state index contributed by atoms with van der Waals surface area (Å²) in [6, 6.07) is 7.09. The minimum Gasteiger partial charge on any atom is -0.338 e. The predicted molar refractivity (Wildman–Crippen MR) is 94.0 cm³/mol. The summed E-state index contributed by atoms with van der Waals surface area (Å²) in [6.45, 7) is 3.95. The molecule has 6 heteroatoms. The van der Waals surface area contributed by atoms with Crippen LogP contribution in [0, 0.1) is 0 Å². The van der Waals surface area contributed by atoms with Gasteiger partial charge < -0.3 is 14.7 Å². The molecule has 3 rings (SSSR count). The quantitative estimate of drug-likeness (QED) is 0.833. The minimum absolute atomic E-state index is 0.00641. The lowest BCUT2D eigenvalue weighted by molar-refractivity contribution is -0.144. The number of carbonyl (C=O) groups is 2. The highest BCUT2D eigenvalue weighted by Gasteiger charge is 2.37. The molecule has 1 atom stereocenters. The minimum atomic E-state index is -0.302. The topological polar surface area (TPSA) is 43.9 Å². The first-order chi connectivity index (χ1) is 11.6. The van der Waals surface area contributed by atoms with Crippen molar-refractivity contribution in [1.82, 2.24) is 14.7 Å².